The molecule has 1 aromatic heterocycles. The Morgan fingerprint density at radius 1 is 0.921 bits per heavy atom. The van der Waals surface area contributed by atoms with Crippen LogP contribution in [0.2, 0.25) is 0 Å². The van der Waals surface area contributed by atoms with Gasteiger partial charge in [-0.25, -0.2) is 0 Å². The maximum absolute atomic E-state index is 12.0. The number of hydrogen-bond acceptors (Lipinski definition) is 6. The number of furan rings is 1. The molecule has 0 saturated carbocycles. The summed E-state index contributed by atoms with van der Waals surface area (Å²) in [6, 6.07) is 18.0. The summed E-state index contributed by atoms with van der Waals surface area (Å²) in [7, 11) is 1.63. The fraction of sp³-hybridized carbons (Fsp3) is 0.344. The highest BCUT2D eigenvalue weighted by Crippen LogP contribution is 2.36. The zero-order valence-corrected chi connectivity index (χ0v) is 23.7. The van der Waals surface area contributed by atoms with Crippen LogP contribution in [-0.2, 0) is 29.1 Å². The molecule has 0 aliphatic carbocycles. The van der Waals surface area contributed by atoms with E-state index in [4.69, 9.17) is 24.4 Å². The maximum Gasteiger partial charge on any atom is 0.310 e. The van der Waals surface area contributed by atoms with Crippen molar-refractivity contribution >= 4 is 16.9 Å². The highest BCUT2D eigenvalue weighted by molar-refractivity contribution is 5.91. The fourth-order valence-corrected chi connectivity index (χ4v) is 3.93. The quantitative estimate of drug-likeness (QED) is 0.229. The second-order valence-electron chi connectivity index (χ2n) is 8.10. The first kappa shape index (κ1) is 30.5. The van der Waals surface area contributed by atoms with E-state index in [1.165, 1.54) is 0 Å². The summed E-state index contributed by atoms with van der Waals surface area (Å²) < 4.78 is 22.7. The third kappa shape index (κ3) is 7.62. The van der Waals surface area contributed by atoms with Gasteiger partial charge in [0.25, 0.3) is 0 Å². The second kappa shape index (κ2) is 15.5. The van der Waals surface area contributed by atoms with Crippen molar-refractivity contribution in [2.45, 2.75) is 61.1 Å². The molecule has 0 radical (unpaired) electrons. The Morgan fingerprint density at radius 2 is 1.68 bits per heavy atom. The molecule has 3 aromatic carbocycles. The molecule has 204 valence electrons. The molecule has 0 unspecified atom stereocenters. The van der Waals surface area contributed by atoms with Crippen molar-refractivity contribution in [3.63, 3.8) is 0 Å². The normalized spacial score (nSPS) is 10.1. The largest absolute Gasteiger partial charge is 0.493 e. The highest BCUT2D eigenvalue weighted by Gasteiger charge is 2.16. The average molecular weight is 520 g/mol. The minimum absolute atomic E-state index is 0.158. The Morgan fingerprint density at radius 3 is 2.37 bits per heavy atom. The molecule has 0 atom stereocenters. The minimum atomic E-state index is -0.279. The Kier molecular flexibility index (Phi) is 12.4. The van der Waals surface area contributed by atoms with Crippen LogP contribution >= 0.6 is 0 Å². The molecular weight excluding hydrogens is 478 g/mol. The number of ether oxygens (including phenoxy) is 3. The van der Waals surface area contributed by atoms with Gasteiger partial charge in [0.2, 0.25) is 0 Å². The van der Waals surface area contributed by atoms with Gasteiger partial charge in [-0.15, -0.1) is 0 Å². The van der Waals surface area contributed by atoms with Crippen LogP contribution in [0.3, 0.4) is 0 Å². The number of nitrogens with two attached hydrogens (primary N) is 1. The minimum Gasteiger partial charge on any atom is -0.493 e. The molecule has 4 rings (SSSR count). The number of carbonyl (C=O) groups is 1. The van der Waals surface area contributed by atoms with E-state index in [0.29, 0.717) is 30.2 Å². The summed E-state index contributed by atoms with van der Waals surface area (Å²) in [5.74, 6) is 1.02. The molecule has 0 bridgehead atoms. The zero-order valence-electron chi connectivity index (χ0n) is 23.7. The molecule has 0 aliphatic heterocycles. The first-order chi connectivity index (χ1) is 18.5. The molecule has 6 nitrogen and oxygen atoms in total. The fourth-order valence-electron chi connectivity index (χ4n) is 3.93. The Bertz CT molecular complexity index is 1310. The van der Waals surface area contributed by atoms with Crippen molar-refractivity contribution in [3.05, 3.63) is 83.1 Å². The standard InChI is InChI=1S/C28H29NO5.2C2H6/c1-4-32-27(30)14-21-9-8-18(2)10-25(21)33-16-23-17-34-28-24(23)12-22(13-26(28)31-3)20-7-5-6-19(11-20)15-29;2*1-2/h5-13,17H,4,14-16,29H2,1-3H3;2*1-2H3. The van der Waals surface area contributed by atoms with Crippen LogP contribution in [-0.4, -0.2) is 19.7 Å². The zero-order chi connectivity index (χ0) is 28.1. The van der Waals surface area contributed by atoms with Crippen molar-refractivity contribution in [2.24, 2.45) is 5.73 Å². The Hall–Kier alpha value is -3.77. The summed E-state index contributed by atoms with van der Waals surface area (Å²) in [6.07, 6.45) is 1.85. The third-order valence-electron chi connectivity index (χ3n) is 5.68. The predicted octanol–water partition coefficient (Wildman–Crippen LogP) is 7.61. The molecule has 0 spiro atoms. The van der Waals surface area contributed by atoms with Gasteiger partial charge in [0, 0.05) is 23.1 Å². The van der Waals surface area contributed by atoms with Gasteiger partial charge < -0.3 is 24.4 Å². The lowest BCUT2D eigenvalue weighted by molar-refractivity contribution is -0.142. The molecule has 0 saturated heterocycles. The Labute approximate surface area is 226 Å². The molecular formula is C32H41NO5. The molecule has 0 aliphatic rings. The highest BCUT2D eigenvalue weighted by atomic mass is 16.5. The van der Waals surface area contributed by atoms with Crippen molar-refractivity contribution in [1.82, 2.24) is 0 Å². The van der Waals surface area contributed by atoms with E-state index in [1.807, 2.05) is 77.1 Å². The maximum atomic E-state index is 12.0. The molecule has 4 aromatic rings. The van der Waals surface area contributed by atoms with Crippen LogP contribution in [0.25, 0.3) is 22.1 Å². The van der Waals surface area contributed by atoms with Crippen LogP contribution in [0.15, 0.2) is 65.3 Å². The number of benzene rings is 3. The molecule has 6 heteroatoms. The summed E-state index contributed by atoms with van der Waals surface area (Å²) in [5, 5.41) is 0.909. The van der Waals surface area contributed by atoms with E-state index >= 15 is 0 Å². The van der Waals surface area contributed by atoms with Crippen molar-refractivity contribution in [2.75, 3.05) is 13.7 Å². The van der Waals surface area contributed by atoms with Gasteiger partial charge in [-0.1, -0.05) is 58.0 Å². The number of fused-ring (bicyclic) bond motifs is 1. The van der Waals surface area contributed by atoms with Gasteiger partial charge in [-0.05, 0) is 60.4 Å². The van der Waals surface area contributed by atoms with Gasteiger partial charge in [-0.3, -0.25) is 4.79 Å². The smallest absolute Gasteiger partial charge is 0.310 e. The van der Waals surface area contributed by atoms with E-state index < -0.39 is 0 Å². The first-order valence-electron chi connectivity index (χ1n) is 13.3. The van der Waals surface area contributed by atoms with Gasteiger partial charge in [-0.2, -0.15) is 0 Å². The third-order valence-corrected chi connectivity index (χ3v) is 5.68. The number of rotatable bonds is 9. The van der Waals surface area contributed by atoms with Crippen LogP contribution < -0.4 is 15.2 Å². The first-order valence-corrected chi connectivity index (χ1v) is 13.3. The van der Waals surface area contributed by atoms with Gasteiger partial charge in [0.05, 0.1) is 26.4 Å². The number of methoxy groups -OCH3 is 1. The second-order valence-corrected chi connectivity index (χ2v) is 8.10. The number of carbonyl (C=O) groups excluding carboxylic acids is 1. The summed E-state index contributed by atoms with van der Waals surface area (Å²) >= 11 is 0. The predicted molar refractivity (Wildman–Crippen MR) is 155 cm³/mol. The van der Waals surface area contributed by atoms with Crippen LogP contribution in [0.5, 0.6) is 11.5 Å². The van der Waals surface area contributed by atoms with Gasteiger partial charge in [0.1, 0.15) is 12.4 Å². The summed E-state index contributed by atoms with van der Waals surface area (Å²) in [6.45, 7) is 12.9. The molecule has 0 amide bonds. The van der Waals surface area contributed by atoms with E-state index in [0.717, 1.165) is 38.8 Å². The van der Waals surface area contributed by atoms with E-state index in [1.54, 1.807) is 20.3 Å². The number of aryl methyl sites for hydroxylation is 1. The molecule has 2 N–H and O–H groups in total. The van der Waals surface area contributed by atoms with E-state index in [2.05, 4.69) is 12.1 Å². The molecule has 38 heavy (non-hydrogen) atoms. The SMILES string of the molecule is CC.CC.CCOC(=O)Cc1ccc(C)cc1OCc1coc2c(OC)cc(-c3cccc(CN)c3)cc12. The Balaban J connectivity index is 0.00000121. The molecule has 1 heterocycles. The lowest BCUT2D eigenvalue weighted by Crippen LogP contribution is -2.09. The lowest BCUT2D eigenvalue weighted by atomic mass is 10.00. The van der Waals surface area contributed by atoms with Gasteiger partial charge in [0.15, 0.2) is 11.3 Å². The summed E-state index contributed by atoms with van der Waals surface area (Å²) in [5.41, 5.74) is 12.3. The van der Waals surface area contributed by atoms with Crippen LogP contribution in [0, 0.1) is 6.92 Å². The lowest BCUT2D eigenvalue weighted by Gasteiger charge is -2.12. The average Bonchev–Trinajstić information content (AvgIpc) is 3.38. The number of esters is 1. The van der Waals surface area contributed by atoms with E-state index in [9.17, 15) is 4.79 Å². The van der Waals surface area contributed by atoms with Crippen molar-refractivity contribution in [3.8, 4) is 22.6 Å². The summed E-state index contributed by atoms with van der Waals surface area (Å²) in [4.78, 5) is 12.0. The number of hydrogen-bond donors (Lipinski definition) is 1. The van der Waals surface area contributed by atoms with Crippen LogP contribution in [0.1, 0.15) is 56.9 Å². The van der Waals surface area contributed by atoms with Crippen molar-refractivity contribution in [1.29, 1.82) is 0 Å². The van der Waals surface area contributed by atoms with Crippen molar-refractivity contribution < 1.29 is 23.4 Å². The van der Waals surface area contributed by atoms with Crippen LogP contribution in [0.4, 0.5) is 0 Å². The van der Waals surface area contributed by atoms with E-state index in [-0.39, 0.29) is 19.0 Å². The topological polar surface area (TPSA) is 83.9 Å². The monoisotopic (exact) mass is 519 g/mol. The van der Waals surface area contributed by atoms with Gasteiger partial charge >= 0.3 is 5.97 Å². The molecule has 0 fully saturated rings.